The highest BCUT2D eigenvalue weighted by molar-refractivity contribution is 5.15. The standard InChI is InChI=1S/C11H21N3/c1-5-6-12-7-11-8-14(9(2)3)13-10(11)4/h8-9,12H,5-7H2,1-4H3. The minimum absolute atomic E-state index is 0.452. The monoisotopic (exact) mass is 195 g/mol. The van der Waals surface area contributed by atoms with E-state index in [9.17, 15) is 0 Å². The Bertz CT molecular complexity index is 276. The first-order valence-electron chi connectivity index (χ1n) is 5.40. The molecule has 0 aliphatic rings. The summed E-state index contributed by atoms with van der Waals surface area (Å²) in [6.07, 6.45) is 3.32. The normalized spacial score (nSPS) is 11.2. The fraction of sp³-hybridized carbons (Fsp3) is 0.727. The van der Waals surface area contributed by atoms with Crippen molar-refractivity contribution < 1.29 is 0 Å². The van der Waals surface area contributed by atoms with Crippen LogP contribution in [0.1, 0.15) is 44.5 Å². The van der Waals surface area contributed by atoms with Crippen molar-refractivity contribution in [1.82, 2.24) is 15.1 Å². The second-order valence-corrected chi connectivity index (χ2v) is 3.99. The third-order valence-electron chi connectivity index (χ3n) is 2.29. The molecule has 0 spiro atoms. The molecular weight excluding hydrogens is 174 g/mol. The SMILES string of the molecule is CCCNCc1cn(C(C)C)nc1C. The molecule has 0 amide bonds. The van der Waals surface area contributed by atoms with Gasteiger partial charge in [0.1, 0.15) is 0 Å². The molecule has 0 aliphatic heterocycles. The third-order valence-corrected chi connectivity index (χ3v) is 2.29. The van der Waals surface area contributed by atoms with Gasteiger partial charge in [-0.15, -0.1) is 0 Å². The predicted molar refractivity (Wildman–Crippen MR) is 59.3 cm³/mol. The molecule has 1 rings (SSSR count). The van der Waals surface area contributed by atoms with Gasteiger partial charge in [0.25, 0.3) is 0 Å². The lowest BCUT2D eigenvalue weighted by atomic mass is 10.2. The van der Waals surface area contributed by atoms with Gasteiger partial charge in [-0.3, -0.25) is 4.68 Å². The summed E-state index contributed by atoms with van der Waals surface area (Å²) in [5.41, 5.74) is 2.45. The molecule has 0 aromatic carbocycles. The molecule has 0 fully saturated rings. The maximum Gasteiger partial charge on any atom is 0.0638 e. The second kappa shape index (κ2) is 5.15. The molecule has 0 radical (unpaired) electrons. The van der Waals surface area contributed by atoms with Gasteiger partial charge in [-0.25, -0.2) is 0 Å². The Morgan fingerprint density at radius 3 is 2.71 bits per heavy atom. The van der Waals surface area contributed by atoms with Crippen molar-refractivity contribution in [2.24, 2.45) is 0 Å². The summed E-state index contributed by atoms with van der Waals surface area (Å²) in [5, 5.41) is 7.86. The molecular formula is C11H21N3. The highest BCUT2D eigenvalue weighted by Crippen LogP contribution is 2.09. The molecule has 0 bridgehead atoms. The van der Waals surface area contributed by atoms with E-state index in [0.29, 0.717) is 6.04 Å². The first-order valence-corrected chi connectivity index (χ1v) is 5.40. The van der Waals surface area contributed by atoms with Crippen LogP contribution in [0.25, 0.3) is 0 Å². The minimum Gasteiger partial charge on any atom is -0.313 e. The molecule has 80 valence electrons. The number of rotatable bonds is 5. The van der Waals surface area contributed by atoms with Crippen molar-refractivity contribution in [1.29, 1.82) is 0 Å². The predicted octanol–water partition coefficient (Wildman–Crippen LogP) is 2.27. The Labute approximate surface area is 86.5 Å². The number of nitrogens with one attached hydrogen (secondary N) is 1. The average molecular weight is 195 g/mol. The van der Waals surface area contributed by atoms with Crippen LogP contribution >= 0.6 is 0 Å². The first-order chi connectivity index (χ1) is 6.65. The van der Waals surface area contributed by atoms with Crippen molar-refractivity contribution in [3.63, 3.8) is 0 Å². The average Bonchev–Trinajstić information content (AvgIpc) is 2.49. The molecule has 14 heavy (non-hydrogen) atoms. The summed E-state index contributed by atoms with van der Waals surface area (Å²) in [4.78, 5) is 0. The smallest absolute Gasteiger partial charge is 0.0638 e. The van der Waals surface area contributed by atoms with Crippen LogP contribution in [0.3, 0.4) is 0 Å². The number of nitrogens with zero attached hydrogens (tertiary/aromatic N) is 2. The lowest BCUT2D eigenvalue weighted by molar-refractivity contribution is 0.528. The van der Waals surface area contributed by atoms with Crippen molar-refractivity contribution in [2.45, 2.75) is 46.7 Å². The van der Waals surface area contributed by atoms with Crippen molar-refractivity contribution in [3.05, 3.63) is 17.5 Å². The molecule has 0 saturated heterocycles. The molecule has 3 nitrogen and oxygen atoms in total. The number of hydrogen-bond donors (Lipinski definition) is 1. The van der Waals surface area contributed by atoms with E-state index in [1.54, 1.807) is 0 Å². The lowest BCUT2D eigenvalue weighted by Gasteiger charge is -2.03. The molecule has 3 heteroatoms. The van der Waals surface area contributed by atoms with Gasteiger partial charge in [0.05, 0.1) is 5.69 Å². The first kappa shape index (κ1) is 11.2. The molecule has 1 aromatic rings. The van der Waals surface area contributed by atoms with Crippen LogP contribution < -0.4 is 5.32 Å². The zero-order chi connectivity index (χ0) is 10.6. The van der Waals surface area contributed by atoms with Crippen molar-refractivity contribution in [3.8, 4) is 0 Å². The van der Waals surface area contributed by atoms with Gasteiger partial charge >= 0.3 is 0 Å². The van der Waals surface area contributed by atoms with E-state index in [-0.39, 0.29) is 0 Å². The van der Waals surface area contributed by atoms with Gasteiger partial charge in [0.15, 0.2) is 0 Å². The van der Waals surface area contributed by atoms with Gasteiger partial charge in [0.2, 0.25) is 0 Å². The zero-order valence-electron chi connectivity index (χ0n) is 9.67. The fourth-order valence-corrected chi connectivity index (χ4v) is 1.36. The maximum absolute atomic E-state index is 4.47. The van der Waals surface area contributed by atoms with E-state index in [4.69, 9.17) is 0 Å². The third kappa shape index (κ3) is 2.84. The summed E-state index contributed by atoms with van der Waals surface area (Å²) in [6, 6.07) is 0.452. The van der Waals surface area contributed by atoms with Gasteiger partial charge in [-0.1, -0.05) is 6.92 Å². The highest BCUT2D eigenvalue weighted by Gasteiger charge is 2.05. The maximum atomic E-state index is 4.47. The Hall–Kier alpha value is -0.830. The summed E-state index contributed by atoms with van der Waals surface area (Å²) >= 11 is 0. The second-order valence-electron chi connectivity index (χ2n) is 3.99. The number of aryl methyl sites for hydroxylation is 1. The molecule has 1 aromatic heterocycles. The van der Waals surface area contributed by atoms with E-state index in [1.165, 1.54) is 12.0 Å². The molecule has 0 atom stereocenters. The Kier molecular flexibility index (Phi) is 4.14. The van der Waals surface area contributed by atoms with Crippen LogP contribution in [0.15, 0.2) is 6.20 Å². The van der Waals surface area contributed by atoms with Crippen molar-refractivity contribution in [2.75, 3.05) is 6.54 Å². The van der Waals surface area contributed by atoms with Crippen LogP contribution in [0.2, 0.25) is 0 Å². The molecule has 1 N–H and O–H groups in total. The highest BCUT2D eigenvalue weighted by atomic mass is 15.3. The van der Waals surface area contributed by atoms with Gasteiger partial charge < -0.3 is 5.32 Å². The van der Waals surface area contributed by atoms with E-state index >= 15 is 0 Å². The van der Waals surface area contributed by atoms with Crippen LogP contribution in [-0.2, 0) is 6.54 Å². The Morgan fingerprint density at radius 1 is 1.50 bits per heavy atom. The van der Waals surface area contributed by atoms with Crippen molar-refractivity contribution >= 4 is 0 Å². The number of aromatic nitrogens is 2. The Balaban J connectivity index is 2.58. The summed E-state index contributed by atoms with van der Waals surface area (Å²) in [5.74, 6) is 0. The van der Waals surface area contributed by atoms with E-state index < -0.39 is 0 Å². The zero-order valence-corrected chi connectivity index (χ0v) is 9.67. The lowest BCUT2D eigenvalue weighted by Crippen LogP contribution is -2.13. The quantitative estimate of drug-likeness (QED) is 0.730. The summed E-state index contributed by atoms with van der Waals surface area (Å²) in [7, 11) is 0. The topological polar surface area (TPSA) is 29.9 Å². The minimum atomic E-state index is 0.452. The number of hydrogen-bond acceptors (Lipinski definition) is 2. The Morgan fingerprint density at radius 2 is 2.21 bits per heavy atom. The summed E-state index contributed by atoms with van der Waals surface area (Å²) < 4.78 is 2.03. The molecule has 1 heterocycles. The fourth-order valence-electron chi connectivity index (χ4n) is 1.36. The van der Waals surface area contributed by atoms with Gasteiger partial charge in [0, 0.05) is 24.3 Å². The van der Waals surface area contributed by atoms with Gasteiger partial charge in [-0.05, 0) is 33.7 Å². The van der Waals surface area contributed by atoms with Gasteiger partial charge in [-0.2, -0.15) is 5.10 Å². The molecule has 0 unspecified atom stereocenters. The van der Waals surface area contributed by atoms with Crippen LogP contribution in [0.5, 0.6) is 0 Å². The van der Waals surface area contributed by atoms with E-state index in [2.05, 4.69) is 44.3 Å². The summed E-state index contributed by atoms with van der Waals surface area (Å²) in [6.45, 7) is 10.6. The van der Waals surface area contributed by atoms with Crippen LogP contribution in [0, 0.1) is 6.92 Å². The molecule has 0 saturated carbocycles. The van der Waals surface area contributed by atoms with E-state index in [0.717, 1.165) is 18.8 Å². The van der Waals surface area contributed by atoms with Crippen LogP contribution in [0.4, 0.5) is 0 Å². The molecule has 0 aliphatic carbocycles. The van der Waals surface area contributed by atoms with E-state index in [1.807, 2.05) is 4.68 Å². The van der Waals surface area contributed by atoms with Crippen LogP contribution in [-0.4, -0.2) is 16.3 Å². The largest absolute Gasteiger partial charge is 0.313 e.